The zero-order valence-corrected chi connectivity index (χ0v) is 11.1. The highest BCUT2D eigenvalue weighted by molar-refractivity contribution is 5.95. The summed E-state index contributed by atoms with van der Waals surface area (Å²) >= 11 is 0. The molecule has 2 aromatic rings. The van der Waals surface area contributed by atoms with Crippen LogP contribution in [0.15, 0.2) is 46.1 Å². The van der Waals surface area contributed by atoms with Crippen LogP contribution in [0.5, 0.6) is 11.5 Å². The van der Waals surface area contributed by atoms with Gasteiger partial charge in [0.1, 0.15) is 5.76 Å². The molecule has 0 aliphatic carbocycles. The van der Waals surface area contributed by atoms with Crippen LogP contribution in [0, 0.1) is 0 Å². The summed E-state index contributed by atoms with van der Waals surface area (Å²) in [7, 11) is 3.04. The number of amides is 1. The molecule has 2 rings (SSSR count). The van der Waals surface area contributed by atoms with Crippen molar-refractivity contribution in [3.63, 3.8) is 0 Å². The topological polar surface area (TPSA) is 73.1 Å². The van der Waals surface area contributed by atoms with Gasteiger partial charge in [-0.05, 0) is 30.3 Å². The molecule has 0 spiro atoms. The molecule has 0 radical (unpaired) electrons. The summed E-state index contributed by atoms with van der Waals surface area (Å²) in [5.74, 6) is 1.24. The van der Waals surface area contributed by atoms with Gasteiger partial charge in [0.25, 0.3) is 5.91 Å². The first kappa shape index (κ1) is 13.7. The number of furan rings is 1. The number of carbonyl (C=O) groups excluding carboxylic acids is 1. The second-order valence-electron chi connectivity index (χ2n) is 3.78. The van der Waals surface area contributed by atoms with Crippen LogP contribution in [0.2, 0.25) is 0 Å². The minimum absolute atomic E-state index is 0.353. The Morgan fingerprint density at radius 1 is 1.25 bits per heavy atom. The number of hydrogen-bond donors (Lipinski definition) is 1. The van der Waals surface area contributed by atoms with E-state index in [-0.39, 0.29) is 5.91 Å². The molecule has 6 heteroatoms. The van der Waals surface area contributed by atoms with E-state index in [1.54, 1.807) is 30.3 Å². The van der Waals surface area contributed by atoms with Crippen LogP contribution < -0.4 is 14.9 Å². The van der Waals surface area contributed by atoms with Gasteiger partial charge in [0.2, 0.25) is 0 Å². The molecule has 104 valence electrons. The number of hydrogen-bond acceptors (Lipinski definition) is 5. The molecule has 1 amide bonds. The minimum Gasteiger partial charge on any atom is -0.493 e. The van der Waals surface area contributed by atoms with Gasteiger partial charge in [0.15, 0.2) is 11.5 Å². The Bertz CT molecular complexity index is 606. The van der Waals surface area contributed by atoms with Crippen molar-refractivity contribution < 1.29 is 18.7 Å². The van der Waals surface area contributed by atoms with Crippen LogP contribution in [0.4, 0.5) is 0 Å². The van der Waals surface area contributed by atoms with Crippen LogP contribution in [0.1, 0.15) is 16.1 Å². The molecule has 0 bridgehead atoms. The summed E-state index contributed by atoms with van der Waals surface area (Å²) in [5.41, 5.74) is 2.82. The van der Waals surface area contributed by atoms with E-state index in [4.69, 9.17) is 13.9 Å². The average molecular weight is 274 g/mol. The van der Waals surface area contributed by atoms with Gasteiger partial charge < -0.3 is 13.9 Å². The number of ether oxygens (including phenoxy) is 2. The SMILES string of the molecule is COc1ccc(C(=O)N/N=C\c2ccco2)cc1OC. The average Bonchev–Trinajstić information content (AvgIpc) is 2.99. The van der Waals surface area contributed by atoms with Gasteiger partial charge >= 0.3 is 0 Å². The zero-order valence-electron chi connectivity index (χ0n) is 11.1. The number of hydrazone groups is 1. The summed E-state index contributed by atoms with van der Waals surface area (Å²) in [6, 6.07) is 8.32. The second kappa shape index (κ2) is 6.42. The van der Waals surface area contributed by atoms with Gasteiger partial charge in [-0.3, -0.25) is 4.79 Å². The molecule has 0 fully saturated rings. The van der Waals surface area contributed by atoms with Gasteiger partial charge in [-0.1, -0.05) is 0 Å². The summed E-state index contributed by atoms with van der Waals surface area (Å²) < 4.78 is 15.3. The predicted octanol–water partition coefficient (Wildman–Crippen LogP) is 2.06. The van der Waals surface area contributed by atoms with Crippen LogP contribution in [0.25, 0.3) is 0 Å². The van der Waals surface area contributed by atoms with E-state index in [0.717, 1.165) is 0 Å². The first-order valence-corrected chi connectivity index (χ1v) is 5.83. The van der Waals surface area contributed by atoms with E-state index in [2.05, 4.69) is 10.5 Å². The smallest absolute Gasteiger partial charge is 0.271 e. The highest BCUT2D eigenvalue weighted by atomic mass is 16.5. The lowest BCUT2D eigenvalue weighted by Crippen LogP contribution is -2.17. The molecule has 1 heterocycles. The van der Waals surface area contributed by atoms with E-state index in [1.807, 2.05) is 0 Å². The fourth-order valence-corrected chi connectivity index (χ4v) is 1.56. The Morgan fingerprint density at radius 2 is 2.05 bits per heavy atom. The van der Waals surface area contributed by atoms with Crippen LogP contribution in [0.3, 0.4) is 0 Å². The van der Waals surface area contributed by atoms with Crippen molar-refractivity contribution in [1.29, 1.82) is 0 Å². The van der Waals surface area contributed by atoms with E-state index in [9.17, 15) is 4.79 Å². The summed E-state index contributed by atoms with van der Waals surface area (Å²) in [6.45, 7) is 0. The lowest BCUT2D eigenvalue weighted by molar-refractivity contribution is 0.0954. The number of carbonyl (C=O) groups is 1. The molecule has 20 heavy (non-hydrogen) atoms. The first-order chi connectivity index (χ1) is 9.74. The van der Waals surface area contributed by atoms with E-state index in [1.165, 1.54) is 26.7 Å². The Hall–Kier alpha value is -2.76. The van der Waals surface area contributed by atoms with E-state index >= 15 is 0 Å². The van der Waals surface area contributed by atoms with E-state index in [0.29, 0.717) is 22.8 Å². The second-order valence-corrected chi connectivity index (χ2v) is 3.78. The molecule has 1 aromatic heterocycles. The maximum Gasteiger partial charge on any atom is 0.271 e. The molecule has 0 aliphatic heterocycles. The van der Waals surface area contributed by atoms with Gasteiger partial charge in [0.05, 0.1) is 26.7 Å². The Labute approximate surface area is 116 Å². The fraction of sp³-hybridized carbons (Fsp3) is 0.143. The van der Waals surface area contributed by atoms with Gasteiger partial charge in [-0.15, -0.1) is 0 Å². The molecule has 0 atom stereocenters. The largest absolute Gasteiger partial charge is 0.493 e. The van der Waals surface area contributed by atoms with Crippen LogP contribution in [-0.4, -0.2) is 26.3 Å². The molecule has 0 saturated heterocycles. The Kier molecular flexibility index (Phi) is 4.39. The van der Waals surface area contributed by atoms with Gasteiger partial charge in [-0.2, -0.15) is 5.10 Å². The lowest BCUT2D eigenvalue weighted by Gasteiger charge is -2.08. The summed E-state index contributed by atoms with van der Waals surface area (Å²) in [5, 5.41) is 3.80. The Morgan fingerprint density at radius 3 is 2.70 bits per heavy atom. The molecule has 6 nitrogen and oxygen atoms in total. The van der Waals surface area contributed by atoms with Crippen molar-refractivity contribution in [3.8, 4) is 11.5 Å². The highest BCUT2D eigenvalue weighted by Crippen LogP contribution is 2.27. The number of nitrogens with zero attached hydrogens (tertiary/aromatic N) is 1. The van der Waals surface area contributed by atoms with Crippen molar-refractivity contribution in [2.75, 3.05) is 14.2 Å². The van der Waals surface area contributed by atoms with Gasteiger partial charge in [0, 0.05) is 5.56 Å². The van der Waals surface area contributed by atoms with Crippen molar-refractivity contribution in [1.82, 2.24) is 5.43 Å². The van der Waals surface area contributed by atoms with Crippen molar-refractivity contribution >= 4 is 12.1 Å². The minimum atomic E-state index is -0.353. The van der Waals surface area contributed by atoms with Crippen LogP contribution in [-0.2, 0) is 0 Å². The zero-order chi connectivity index (χ0) is 14.4. The molecular formula is C14H14N2O4. The van der Waals surface area contributed by atoms with Gasteiger partial charge in [-0.25, -0.2) is 5.43 Å². The highest BCUT2D eigenvalue weighted by Gasteiger charge is 2.09. The predicted molar refractivity (Wildman–Crippen MR) is 73.3 cm³/mol. The molecule has 1 aromatic carbocycles. The normalized spacial score (nSPS) is 10.5. The number of methoxy groups -OCH3 is 2. The fourth-order valence-electron chi connectivity index (χ4n) is 1.56. The third kappa shape index (κ3) is 3.17. The van der Waals surface area contributed by atoms with Crippen molar-refractivity contribution in [2.45, 2.75) is 0 Å². The molecule has 0 aliphatic rings. The Balaban J connectivity index is 2.05. The first-order valence-electron chi connectivity index (χ1n) is 5.83. The van der Waals surface area contributed by atoms with E-state index < -0.39 is 0 Å². The number of rotatable bonds is 5. The molecular weight excluding hydrogens is 260 g/mol. The third-order valence-corrected chi connectivity index (χ3v) is 2.55. The van der Waals surface area contributed by atoms with Crippen molar-refractivity contribution in [3.05, 3.63) is 47.9 Å². The van der Waals surface area contributed by atoms with Crippen LogP contribution >= 0.6 is 0 Å². The maximum atomic E-state index is 11.9. The molecule has 0 unspecified atom stereocenters. The number of nitrogens with one attached hydrogen (secondary N) is 1. The summed E-state index contributed by atoms with van der Waals surface area (Å²) in [6.07, 6.45) is 2.94. The standard InChI is InChI=1S/C14H14N2O4/c1-18-12-6-5-10(8-13(12)19-2)14(17)16-15-9-11-4-3-7-20-11/h3-9H,1-2H3,(H,16,17)/b15-9-. The number of benzene rings is 1. The molecule has 1 N–H and O–H groups in total. The quantitative estimate of drug-likeness (QED) is 0.669. The monoisotopic (exact) mass is 274 g/mol. The molecule has 0 saturated carbocycles. The van der Waals surface area contributed by atoms with Crippen molar-refractivity contribution in [2.24, 2.45) is 5.10 Å². The maximum absolute atomic E-state index is 11.9. The summed E-state index contributed by atoms with van der Waals surface area (Å²) in [4.78, 5) is 11.9. The lowest BCUT2D eigenvalue weighted by atomic mass is 10.2. The third-order valence-electron chi connectivity index (χ3n) is 2.55.